The fourth-order valence-corrected chi connectivity index (χ4v) is 3.37. The molecule has 0 bridgehead atoms. The summed E-state index contributed by atoms with van der Waals surface area (Å²) in [5, 5.41) is 17.3. The van der Waals surface area contributed by atoms with E-state index in [4.69, 9.17) is 17.3 Å². The summed E-state index contributed by atoms with van der Waals surface area (Å²) in [7, 11) is 0. The van der Waals surface area contributed by atoms with Gasteiger partial charge in [-0.25, -0.2) is 19.0 Å². The van der Waals surface area contributed by atoms with Gasteiger partial charge in [0.2, 0.25) is 0 Å². The van der Waals surface area contributed by atoms with Crippen molar-refractivity contribution in [2.24, 2.45) is 0 Å². The van der Waals surface area contributed by atoms with Gasteiger partial charge in [-0.1, -0.05) is 11.6 Å². The van der Waals surface area contributed by atoms with Crippen molar-refractivity contribution >= 4 is 40.0 Å². The van der Waals surface area contributed by atoms with Gasteiger partial charge in [0.25, 0.3) is 5.91 Å². The van der Waals surface area contributed by atoms with Crippen LogP contribution in [0.1, 0.15) is 17.2 Å². The van der Waals surface area contributed by atoms with Crippen molar-refractivity contribution in [3.63, 3.8) is 0 Å². The molecule has 0 unspecified atom stereocenters. The molecule has 2 heterocycles. The number of carbonyl (C=O) groups is 1. The summed E-state index contributed by atoms with van der Waals surface area (Å²) >= 11 is 5.79. The number of nitrogens with zero attached hydrogens (tertiary/aromatic N) is 4. The van der Waals surface area contributed by atoms with Gasteiger partial charge in [-0.2, -0.15) is 5.10 Å². The highest BCUT2D eigenvalue weighted by atomic mass is 35.5. The number of hydrogen-bond donors (Lipinski definition) is 3. The third kappa shape index (κ3) is 3.68. The average molecular weight is 427 g/mol. The van der Waals surface area contributed by atoms with E-state index in [9.17, 15) is 14.3 Å². The number of halogens is 2. The van der Waals surface area contributed by atoms with Gasteiger partial charge in [0, 0.05) is 10.7 Å². The lowest BCUT2D eigenvalue weighted by Crippen LogP contribution is -2.21. The molecular formula is C20H16ClFN6O2. The number of amides is 1. The molecule has 0 aliphatic heterocycles. The number of rotatable bonds is 4. The fourth-order valence-electron chi connectivity index (χ4n) is 3.14. The van der Waals surface area contributed by atoms with Crippen molar-refractivity contribution in [2.75, 3.05) is 11.1 Å². The van der Waals surface area contributed by atoms with Gasteiger partial charge in [-0.05, 0) is 54.4 Å². The number of aromatic nitrogens is 4. The zero-order chi connectivity index (χ0) is 21.4. The Morgan fingerprint density at radius 3 is 2.80 bits per heavy atom. The van der Waals surface area contributed by atoms with Crippen molar-refractivity contribution in [1.29, 1.82) is 0 Å². The van der Waals surface area contributed by atoms with Crippen LogP contribution in [-0.2, 0) is 4.79 Å². The Bertz CT molecular complexity index is 1260. The van der Waals surface area contributed by atoms with Crippen LogP contribution in [0.2, 0.25) is 5.02 Å². The number of aliphatic hydroxyl groups is 1. The van der Waals surface area contributed by atoms with Crippen LogP contribution in [0.15, 0.2) is 48.9 Å². The smallest absolute Gasteiger partial charge is 0.257 e. The summed E-state index contributed by atoms with van der Waals surface area (Å²) in [5.74, 6) is -1.06. The molecule has 1 amide bonds. The van der Waals surface area contributed by atoms with Crippen LogP contribution in [0, 0.1) is 12.7 Å². The molecule has 2 aromatic heterocycles. The van der Waals surface area contributed by atoms with Gasteiger partial charge in [0.1, 0.15) is 23.2 Å². The van der Waals surface area contributed by atoms with Gasteiger partial charge in [-0.3, -0.25) is 4.79 Å². The van der Waals surface area contributed by atoms with Crippen LogP contribution in [-0.4, -0.2) is 30.8 Å². The quantitative estimate of drug-likeness (QED) is 0.461. The molecule has 10 heteroatoms. The molecule has 4 rings (SSSR count). The van der Waals surface area contributed by atoms with Crippen molar-refractivity contribution in [3.05, 3.63) is 70.9 Å². The topological polar surface area (TPSA) is 119 Å². The third-order valence-corrected chi connectivity index (χ3v) is 4.75. The molecule has 4 aromatic rings. The molecule has 0 saturated carbocycles. The molecule has 0 spiro atoms. The van der Waals surface area contributed by atoms with E-state index >= 15 is 0 Å². The fraction of sp³-hybridized carbons (Fsp3) is 0.100. The normalized spacial score (nSPS) is 12.1. The monoisotopic (exact) mass is 426 g/mol. The van der Waals surface area contributed by atoms with E-state index in [1.807, 2.05) is 6.92 Å². The number of benzene rings is 2. The first kappa shape index (κ1) is 19.7. The highest BCUT2D eigenvalue weighted by molar-refractivity contribution is 6.30. The maximum Gasteiger partial charge on any atom is 0.257 e. The number of nitrogen functional groups attached to an aromatic ring is 1. The Labute approximate surface area is 175 Å². The predicted molar refractivity (Wildman–Crippen MR) is 111 cm³/mol. The molecule has 1 atom stereocenters. The standard InChI is InChI=1S/C20H16ClFN6O2/c1-10-4-14(27-20(30)18(29)11-5-12(21)7-13(22)6-11)2-3-16(10)28-17-15(8-26-28)24-9-25-19(17)23/h2-9,18,29H,1H3,(H,27,30)(H2,23,24,25)/t18-/m1/s1. The number of nitrogens with one attached hydrogen (secondary N) is 1. The van der Waals surface area contributed by atoms with E-state index in [2.05, 4.69) is 20.4 Å². The first-order valence-corrected chi connectivity index (χ1v) is 9.21. The van der Waals surface area contributed by atoms with E-state index in [0.717, 1.165) is 23.4 Å². The van der Waals surface area contributed by atoms with Crippen LogP contribution in [0.5, 0.6) is 0 Å². The summed E-state index contributed by atoms with van der Waals surface area (Å²) in [5.41, 5.74) is 9.16. The van der Waals surface area contributed by atoms with Crippen LogP contribution < -0.4 is 11.1 Å². The van der Waals surface area contributed by atoms with Crippen LogP contribution in [0.4, 0.5) is 15.9 Å². The second kappa shape index (κ2) is 7.69. The summed E-state index contributed by atoms with van der Waals surface area (Å²) < 4.78 is 15.1. The maximum absolute atomic E-state index is 13.5. The van der Waals surface area contributed by atoms with Crippen molar-refractivity contribution in [2.45, 2.75) is 13.0 Å². The zero-order valence-electron chi connectivity index (χ0n) is 15.7. The molecule has 8 nitrogen and oxygen atoms in total. The summed E-state index contributed by atoms with van der Waals surface area (Å²) in [6.07, 6.45) is 1.38. The van der Waals surface area contributed by atoms with Gasteiger partial charge >= 0.3 is 0 Å². The Balaban J connectivity index is 1.59. The molecule has 30 heavy (non-hydrogen) atoms. The molecule has 0 aliphatic carbocycles. The lowest BCUT2D eigenvalue weighted by atomic mass is 10.1. The summed E-state index contributed by atoms with van der Waals surface area (Å²) in [6, 6.07) is 8.59. The minimum Gasteiger partial charge on any atom is -0.382 e. The van der Waals surface area contributed by atoms with Crippen molar-refractivity contribution in [1.82, 2.24) is 19.7 Å². The highest BCUT2D eigenvalue weighted by Gasteiger charge is 2.19. The van der Waals surface area contributed by atoms with Crippen molar-refractivity contribution in [3.8, 4) is 5.69 Å². The maximum atomic E-state index is 13.5. The SMILES string of the molecule is Cc1cc(NC(=O)[C@H](O)c2cc(F)cc(Cl)c2)ccc1-n1ncc2ncnc(N)c21. The number of anilines is 2. The van der Waals surface area contributed by atoms with Gasteiger partial charge < -0.3 is 16.2 Å². The molecule has 152 valence electrons. The van der Waals surface area contributed by atoms with Crippen LogP contribution in [0.3, 0.4) is 0 Å². The van der Waals surface area contributed by atoms with Gasteiger partial charge in [0.05, 0.1) is 11.9 Å². The number of aliphatic hydroxyl groups excluding tert-OH is 1. The third-order valence-electron chi connectivity index (χ3n) is 4.53. The Kier molecular flexibility index (Phi) is 5.06. The van der Waals surface area contributed by atoms with E-state index in [0.29, 0.717) is 22.5 Å². The molecule has 4 N–H and O–H groups in total. The van der Waals surface area contributed by atoms with Gasteiger partial charge in [0.15, 0.2) is 11.9 Å². The molecular weight excluding hydrogens is 411 g/mol. The Morgan fingerprint density at radius 1 is 1.27 bits per heavy atom. The predicted octanol–water partition coefficient (Wildman–Crippen LogP) is 3.17. The zero-order valence-corrected chi connectivity index (χ0v) is 16.4. The molecule has 0 aliphatic rings. The van der Waals surface area contributed by atoms with E-state index in [1.54, 1.807) is 29.1 Å². The highest BCUT2D eigenvalue weighted by Crippen LogP contribution is 2.26. The number of fused-ring (bicyclic) bond motifs is 1. The second-order valence-corrected chi connectivity index (χ2v) is 7.08. The number of hydrogen-bond acceptors (Lipinski definition) is 6. The molecule has 0 saturated heterocycles. The molecule has 0 fully saturated rings. The minimum absolute atomic E-state index is 0.0596. The first-order valence-electron chi connectivity index (χ1n) is 8.83. The summed E-state index contributed by atoms with van der Waals surface area (Å²) in [6.45, 7) is 1.83. The second-order valence-electron chi connectivity index (χ2n) is 6.64. The van der Waals surface area contributed by atoms with E-state index in [-0.39, 0.29) is 10.6 Å². The lowest BCUT2D eigenvalue weighted by molar-refractivity contribution is -0.124. The van der Waals surface area contributed by atoms with Crippen LogP contribution >= 0.6 is 11.6 Å². The molecule has 2 aromatic carbocycles. The minimum atomic E-state index is -1.58. The average Bonchev–Trinajstić information content (AvgIpc) is 3.12. The lowest BCUT2D eigenvalue weighted by Gasteiger charge is -2.14. The number of nitrogens with two attached hydrogens (primary N) is 1. The van der Waals surface area contributed by atoms with E-state index < -0.39 is 17.8 Å². The van der Waals surface area contributed by atoms with Gasteiger partial charge in [-0.15, -0.1) is 0 Å². The first-order chi connectivity index (χ1) is 14.3. The van der Waals surface area contributed by atoms with Crippen LogP contribution in [0.25, 0.3) is 16.7 Å². The Hall–Kier alpha value is -3.56. The largest absolute Gasteiger partial charge is 0.382 e. The number of aryl methyl sites for hydroxylation is 1. The number of carbonyl (C=O) groups excluding carboxylic acids is 1. The summed E-state index contributed by atoms with van der Waals surface area (Å²) in [4.78, 5) is 20.5. The van der Waals surface area contributed by atoms with Crippen molar-refractivity contribution < 1.29 is 14.3 Å². The van der Waals surface area contributed by atoms with E-state index in [1.165, 1.54) is 12.4 Å². The Morgan fingerprint density at radius 2 is 2.07 bits per heavy atom. The molecule has 0 radical (unpaired) electrons.